The number of aryl methyl sites for hydroxylation is 1. The zero-order chi connectivity index (χ0) is 13.9. The first-order valence-corrected chi connectivity index (χ1v) is 7.21. The molecule has 1 heterocycles. The minimum Gasteiger partial charge on any atom is -0.343 e. The second-order valence-electron chi connectivity index (χ2n) is 5.56. The molecule has 3 nitrogen and oxygen atoms in total. The molecule has 2 aromatic rings. The van der Waals surface area contributed by atoms with Crippen LogP contribution in [0.5, 0.6) is 0 Å². The average molecular weight is 267 g/mol. The van der Waals surface area contributed by atoms with Crippen molar-refractivity contribution in [2.75, 3.05) is 11.9 Å². The highest BCUT2D eigenvalue weighted by atomic mass is 15.1. The Labute approximate surface area is 120 Å². The third-order valence-corrected chi connectivity index (χ3v) is 3.80. The number of nitrogens with one attached hydrogen (secondary N) is 1. The molecule has 1 fully saturated rings. The Morgan fingerprint density at radius 3 is 2.90 bits per heavy atom. The van der Waals surface area contributed by atoms with Crippen LogP contribution in [0.1, 0.15) is 24.0 Å². The molecule has 0 radical (unpaired) electrons. The maximum atomic E-state index is 4.29. The Balaban J connectivity index is 1.84. The lowest BCUT2D eigenvalue weighted by Gasteiger charge is -2.22. The second kappa shape index (κ2) is 5.63. The van der Waals surface area contributed by atoms with Gasteiger partial charge in [0.15, 0.2) is 0 Å². The number of rotatable bonds is 5. The maximum absolute atomic E-state index is 4.29. The molecule has 1 aliphatic carbocycles. The number of anilines is 2. The standard InChI is InChI=1S/C17H21N3/c1-13-4-3-5-16(10-13)20(2)17-12-18-9-8-14(17)11-19-15-6-7-15/h3-5,8-10,12,15,19H,6-7,11H2,1-2H3. The molecule has 3 rings (SSSR count). The number of hydrogen-bond acceptors (Lipinski definition) is 3. The smallest absolute Gasteiger partial charge is 0.0640 e. The minimum absolute atomic E-state index is 0.722. The molecule has 0 atom stereocenters. The van der Waals surface area contributed by atoms with Crippen molar-refractivity contribution in [3.8, 4) is 0 Å². The van der Waals surface area contributed by atoms with E-state index in [0.29, 0.717) is 0 Å². The van der Waals surface area contributed by atoms with Gasteiger partial charge in [-0.2, -0.15) is 0 Å². The summed E-state index contributed by atoms with van der Waals surface area (Å²) in [5.41, 5.74) is 4.95. The van der Waals surface area contributed by atoms with E-state index in [9.17, 15) is 0 Å². The Bertz CT molecular complexity index is 590. The first kappa shape index (κ1) is 13.1. The molecule has 20 heavy (non-hydrogen) atoms. The van der Waals surface area contributed by atoms with E-state index in [4.69, 9.17) is 0 Å². The van der Waals surface area contributed by atoms with Crippen molar-refractivity contribution >= 4 is 11.4 Å². The minimum atomic E-state index is 0.722. The number of benzene rings is 1. The molecule has 0 aliphatic heterocycles. The fraction of sp³-hybridized carbons (Fsp3) is 0.353. The molecule has 0 bridgehead atoms. The monoisotopic (exact) mass is 267 g/mol. The van der Waals surface area contributed by atoms with Crippen LogP contribution in [0, 0.1) is 6.92 Å². The first-order chi connectivity index (χ1) is 9.74. The van der Waals surface area contributed by atoms with E-state index in [1.165, 1.54) is 35.3 Å². The molecule has 1 aliphatic rings. The molecule has 0 unspecified atom stereocenters. The van der Waals surface area contributed by atoms with Crippen LogP contribution in [0.4, 0.5) is 11.4 Å². The molecule has 1 saturated carbocycles. The van der Waals surface area contributed by atoms with Crippen molar-refractivity contribution < 1.29 is 0 Å². The van der Waals surface area contributed by atoms with Gasteiger partial charge in [-0.05, 0) is 49.1 Å². The van der Waals surface area contributed by atoms with Gasteiger partial charge in [0, 0.05) is 31.5 Å². The quantitative estimate of drug-likeness (QED) is 0.900. The third-order valence-electron chi connectivity index (χ3n) is 3.80. The average Bonchev–Trinajstić information content (AvgIpc) is 3.29. The van der Waals surface area contributed by atoms with Crippen LogP contribution in [0.15, 0.2) is 42.7 Å². The van der Waals surface area contributed by atoms with Crippen molar-refractivity contribution in [1.82, 2.24) is 10.3 Å². The van der Waals surface area contributed by atoms with Gasteiger partial charge in [-0.1, -0.05) is 12.1 Å². The second-order valence-corrected chi connectivity index (χ2v) is 5.56. The molecule has 0 spiro atoms. The maximum Gasteiger partial charge on any atom is 0.0640 e. The van der Waals surface area contributed by atoms with E-state index in [1.807, 2.05) is 12.4 Å². The molecule has 1 N–H and O–H groups in total. The zero-order valence-electron chi connectivity index (χ0n) is 12.1. The van der Waals surface area contributed by atoms with Gasteiger partial charge in [0.1, 0.15) is 0 Å². The fourth-order valence-electron chi connectivity index (χ4n) is 2.38. The van der Waals surface area contributed by atoms with Gasteiger partial charge < -0.3 is 10.2 Å². The summed E-state index contributed by atoms with van der Waals surface area (Å²) in [6, 6.07) is 11.4. The highest BCUT2D eigenvalue weighted by molar-refractivity contribution is 5.65. The van der Waals surface area contributed by atoms with Crippen LogP contribution < -0.4 is 10.2 Å². The van der Waals surface area contributed by atoms with Crippen LogP contribution in [-0.2, 0) is 6.54 Å². The van der Waals surface area contributed by atoms with E-state index in [0.717, 1.165) is 12.6 Å². The topological polar surface area (TPSA) is 28.2 Å². The van der Waals surface area contributed by atoms with Crippen LogP contribution in [0.2, 0.25) is 0 Å². The van der Waals surface area contributed by atoms with Gasteiger partial charge in [-0.25, -0.2) is 0 Å². The van der Waals surface area contributed by atoms with Crippen molar-refractivity contribution in [1.29, 1.82) is 0 Å². The molecular weight excluding hydrogens is 246 g/mol. The van der Waals surface area contributed by atoms with Gasteiger partial charge in [-0.15, -0.1) is 0 Å². The summed E-state index contributed by atoms with van der Waals surface area (Å²) >= 11 is 0. The molecule has 0 amide bonds. The van der Waals surface area contributed by atoms with Crippen molar-refractivity contribution in [2.24, 2.45) is 0 Å². The zero-order valence-corrected chi connectivity index (χ0v) is 12.1. The summed E-state index contributed by atoms with van der Waals surface area (Å²) < 4.78 is 0. The van der Waals surface area contributed by atoms with Crippen LogP contribution in [-0.4, -0.2) is 18.1 Å². The lowest BCUT2D eigenvalue weighted by Crippen LogP contribution is -2.19. The van der Waals surface area contributed by atoms with Crippen LogP contribution in [0.3, 0.4) is 0 Å². The molecule has 3 heteroatoms. The predicted molar refractivity (Wildman–Crippen MR) is 83.3 cm³/mol. The summed E-state index contributed by atoms with van der Waals surface area (Å²) in [4.78, 5) is 6.50. The van der Waals surface area contributed by atoms with Gasteiger partial charge in [-0.3, -0.25) is 4.98 Å². The normalized spacial score (nSPS) is 14.3. The van der Waals surface area contributed by atoms with E-state index >= 15 is 0 Å². The number of hydrogen-bond donors (Lipinski definition) is 1. The molecular formula is C17H21N3. The summed E-state index contributed by atoms with van der Waals surface area (Å²) in [7, 11) is 2.10. The van der Waals surface area contributed by atoms with Gasteiger partial charge in [0.25, 0.3) is 0 Å². The lowest BCUT2D eigenvalue weighted by molar-refractivity contribution is 0.687. The third kappa shape index (κ3) is 2.99. The van der Waals surface area contributed by atoms with Crippen molar-refractivity contribution in [3.05, 3.63) is 53.9 Å². The van der Waals surface area contributed by atoms with Gasteiger partial charge in [0.05, 0.1) is 11.9 Å². The van der Waals surface area contributed by atoms with Gasteiger partial charge in [0.2, 0.25) is 0 Å². The first-order valence-electron chi connectivity index (χ1n) is 7.21. The van der Waals surface area contributed by atoms with Crippen molar-refractivity contribution in [2.45, 2.75) is 32.4 Å². The lowest BCUT2D eigenvalue weighted by atomic mass is 10.1. The molecule has 1 aromatic carbocycles. The Morgan fingerprint density at radius 1 is 1.30 bits per heavy atom. The summed E-state index contributed by atoms with van der Waals surface area (Å²) in [5, 5.41) is 3.58. The van der Waals surface area contributed by atoms with E-state index < -0.39 is 0 Å². The Hall–Kier alpha value is -1.87. The van der Waals surface area contributed by atoms with Crippen LogP contribution >= 0.6 is 0 Å². The van der Waals surface area contributed by atoms with E-state index in [2.05, 4.69) is 59.5 Å². The highest BCUT2D eigenvalue weighted by Crippen LogP contribution is 2.27. The summed E-state index contributed by atoms with van der Waals surface area (Å²) in [6.45, 7) is 3.04. The number of pyridine rings is 1. The summed E-state index contributed by atoms with van der Waals surface area (Å²) in [5.74, 6) is 0. The van der Waals surface area contributed by atoms with Crippen molar-refractivity contribution in [3.63, 3.8) is 0 Å². The molecule has 1 aromatic heterocycles. The number of aromatic nitrogens is 1. The van der Waals surface area contributed by atoms with Crippen LogP contribution in [0.25, 0.3) is 0 Å². The van der Waals surface area contributed by atoms with E-state index in [-0.39, 0.29) is 0 Å². The van der Waals surface area contributed by atoms with E-state index in [1.54, 1.807) is 0 Å². The largest absolute Gasteiger partial charge is 0.343 e. The highest BCUT2D eigenvalue weighted by Gasteiger charge is 2.20. The number of nitrogens with zero attached hydrogens (tertiary/aromatic N) is 2. The Morgan fingerprint density at radius 2 is 2.15 bits per heavy atom. The van der Waals surface area contributed by atoms with Gasteiger partial charge >= 0.3 is 0 Å². The summed E-state index contributed by atoms with van der Waals surface area (Å²) in [6.07, 6.45) is 6.45. The molecule has 0 saturated heterocycles. The fourth-order valence-corrected chi connectivity index (χ4v) is 2.38. The molecule has 104 valence electrons. The predicted octanol–water partition coefficient (Wildman–Crippen LogP) is 3.41. The SMILES string of the molecule is Cc1cccc(N(C)c2cnccc2CNC2CC2)c1. The Kier molecular flexibility index (Phi) is 3.70.